The van der Waals surface area contributed by atoms with Gasteiger partial charge in [-0.3, -0.25) is 4.79 Å². The fourth-order valence-corrected chi connectivity index (χ4v) is 3.52. The zero-order chi connectivity index (χ0) is 15.7. The van der Waals surface area contributed by atoms with Gasteiger partial charge in [0.1, 0.15) is 0 Å². The summed E-state index contributed by atoms with van der Waals surface area (Å²) in [6, 6.07) is 6.07. The van der Waals surface area contributed by atoms with Gasteiger partial charge in [0.05, 0.1) is 5.41 Å². The van der Waals surface area contributed by atoms with Crippen molar-refractivity contribution in [2.75, 3.05) is 0 Å². The minimum absolute atomic E-state index is 0.0975. The molecule has 3 rings (SSSR count). The zero-order valence-electron chi connectivity index (χ0n) is 13.2. The van der Waals surface area contributed by atoms with Crippen LogP contribution in [0.4, 0.5) is 0 Å². The smallest absolute Gasteiger partial charge is 0.230 e. The quantitative estimate of drug-likeness (QED) is 0.857. The minimum Gasteiger partial charge on any atom is -0.361 e. The van der Waals surface area contributed by atoms with Crippen molar-refractivity contribution in [2.24, 2.45) is 0 Å². The molecule has 0 spiro atoms. The van der Waals surface area contributed by atoms with Gasteiger partial charge in [0.25, 0.3) is 0 Å². The number of hydrogen-bond donors (Lipinski definition) is 2. The van der Waals surface area contributed by atoms with E-state index >= 15 is 0 Å². The van der Waals surface area contributed by atoms with Crippen LogP contribution in [0.15, 0.2) is 24.4 Å². The Labute approximate surface area is 136 Å². The SMILES string of the molecule is CC(C)(C(=O)NC1CCCCC1)c1c[nH]c2ccc(Cl)cc12. The highest BCUT2D eigenvalue weighted by Crippen LogP contribution is 2.32. The summed E-state index contributed by atoms with van der Waals surface area (Å²) in [4.78, 5) is 16.0. The Bertz CT molecular complexity index is 683. The van der Waals surface area contributed by atoms with E-state index in [-0.39, 0.29) is 5.91 Å². The summed E-state index contributed by atoms with van der Waals surface area (Å²) >= 11 is 6.12. The van der Waals surface area contributed by atoms with E-state index in [1.165, 1.54) is 19.3 Å². The van der Waals surface area contributed by atoms with E-state index in [1.807, 2.05) is 38.2 Å². The summed E-state index contributed by atoms with van der Waals surface area (Å²) in [5.74, 6) is 0.0975. The summed E-state index contributed by atoms with van der Waals surface area (Å²) < 4.78 is 0. The second-order valence-electron chi connectivity index (χ2n) is 6.83. The molecule has 1 aromatic heterocycles. The van der Waals surface area contributed by atoms with Gasteiger partial charge in [-0.05, 0) is 50.5 Å². The maximum absolute atomic E-state index is 12.8. The number of aromatic nitrogens is 1. The highest BCUT2D eigenvalue weighted by molar-refractivity contribution is 6.31. The number of rotatable bonds is 3. The molecule has 0 bridgehead atoms. The monoisotopic (exact) mass is 318 g/mol. The molecule has 0 aliphatic heterocycles. The zero-order valence-corrected chi connectivity index (χ0v) is 14.0. The number of hydrogen-bond acceptors (Lipinski definition) is 1. The summed E-state index contributed by atoms with van der Waals surface area (Å²) in [6.07, 6.45) is 7.85. The van der Waals surface area contributed by atoms with Crippen molar-refractivity contribution in [2.45, 2.75) is 57.4 Å². The van der Waals surface area contributed by atoms with Crippen molar-refractivity contribution in [3.8, 4) is 0 Å². The lowest BCUT2D eigenvalue weighted by Crippen LogP contribution is -2.45. The van der Waals surface area contributed by atoms with E-state index in [1.54, 1.807) is 0 Å². The average molecular weight is 319 g/mol. The lowest BCUT2D eigenvalue weighted by molar-refractivity contribution is -0.126. The van der Waals surface area contributed by atoms with E-state index in [0.717, 1.165) is 29.3 Å². The van der Waals surface area contributed by atoms with E-state index in [9.17, 15) is 4.79 Å². The van der Waals surface area contributed by atoms with Crippen LogP contribution in [0.5, 0.6) is 0 Å². The Morgan fingerprint density at radius 1 is 1.27 bits per heavy atom. The molecule has 22 heavy (non-hydrogen) atoms. The topological polar surface area (TPSA) is 44.9 Å². The summed E-state index contributed by atoms with van der Waals surface area (Å²) in [7, 11) is 0. The molecule has 0 saturated heterocycles. The highest BCUT2D eigenvalue weighted by Gasteiger charge is 2.33. The van der Waals surface area contributed by atoms with Crippen molar-refractivity contribution < 1.29 is 4.79 Å². The third-order valence-corrected chi connectivity index (χ3v) is 5.06. The third kappa shape index (κ3) is 2.87. The van der Waals surface area contributed by atoms with Crippen LogP contribution in [0, 0.1) is 0 Å². The van der Waals surface area contributed by atoms with Crippen LogP contribution >= 0.6 is 11.6 Å². The molecule has 1 heterocycles. The molecule has 0 atom stereocenters. The number of aromatic amines is 1. The van der Waals surface area contributed by atoms with Gasteiger partial charge in [-0.15, -0.1) is 0 Å². The van der Waals surface area contributed by atoms with E-state index in [4.69, 9.17) is 11.6 Å². The van der Waals surface area contributed by atoms with Crippen molar-refractivity contribution >= 4 is 28.4 Å². The second-order valence-corrected chi connectivity index (χ2v) is 7.26. The first-order chi connectivity index (χ1) is 10.5. The minimum atomic E-state index is -0.583. The Balaban J connectivity index is 1.86. The maximum atomic E-state index is 12.8. The number of amides is 1. The first kappa shape index (κ1) is 15.4. The first-order valence-corrected chi connectivity index (χ1v) is 8.44. The molecule has 2 aromatic rings. The standard InChI is InChI=1S/C18H23ClN2O/c1-18(2,17(22)21-13-6-4-3-5-7-13)15-11-20-16-9-8-12(19)10-14(15)16/h8-11,13,20H,3-7H2,1-2H3,(H,21,22). The van der Waals surface area contributed by atoms with E-state index in [2.05, 4.69) is 10.3 Å². The number of benzene rings is 1. The van der Waals surface area contributed by atoms with Crippen LogP contribution in [0.3, 0.4) is 0 Å². The van der Waals surface area contributed by atoms with Crippen LogP contribution < -0.4 is 5.32 Å². The number of fused-ring (bicyclic) bond motifs is 1. The fraction of sp³-hybridized carbons (Fsp3) is 0.500. The highest BCUT2D eigenvalue weighted by atomic mass is 35.5. The Kier molecular flexibility index (Phi) is 4.18. The lowest BCUT2D eigenvalue weighted by Gasteiger charge is -2.29. The molecule has 1 aliphatic carbocycles. The van der Waals surface area contributed by atoms with E-state index in [0.29, 0.717) is 11.1 Å². The number of carbonyl (C=O) groups is 1. The molecule has 118 valence electrons. The van der Waals surface area contributed by atoms with Gasteiger partial charge < -0.3 is 10.3 Å². The molecule has 2 N–H and O–H groups in total. The first-order valence-electron chi connectivity index (χ1n) is 8.06. The lowest BCUT2D eigenvalue weighted by atomic mass is 9.82. The van der Waals surface area contributed by atoms with Crippen molar-refractivity contribution in [3.63, 3.8) is 0 Å². The number of halogens is 1. The van der Waals surface area contributed by atoms with Gasteiger partial charge in [-0.25, -0.2) is 0 Å². The summed E-state index contributed by atoms with van der Waals surface area (Å²) in [5, 5.41) is 4.96. The van der Waals surface area contributed by atoms with Crippen LogP contribution in [0.2, 0.25) is 5.02 Å². The molecular weight excluding hydrogens is 296 g/mol. The Hall–Kier alpha value is -1.48. The van der Waals surface area contributed by atoms with Crippen molar-refractivity contribution in [1.82, 2.24) is 10.3 Å². The molecule has 1 saturated carbocycles. The molecule has 1 fully saturated rings. The predicted octanol–water partition coefficient (Wildman–Crippen LogP) is 4.55. The molecular formula is C18H23ClN2O. The summed E-state index contributed by atoms with van der Waals surface area (Å²) in [5.41, 5.74) is 1.43. The van der Waals surface area contributed by atoms with Gasteiger partial charge in [0.2, 0.25) is 5.91 Å². The van der Waals surface area contributed by atoms with Gasteiger partial charge in [-0.1, -0.05) is 30.9 Å². The predicted molar refractivity (Wildman–Crippen MR) is 91.4 cm³/mol. The van der Waals surface area contributed by atoms with Crippen LogP contribution in [-0.4, -0.2) is 16.9 Å². The maximum Gasteiger partial charge on any atom is 0.230 e. The van der Waals surface area contributed by atoms with Crippen LogP contribution in [0.25, 0.3) is 10.9 Å². The van der Waals surface area contributed by atoms with Crippen molar-refractivity contribution in [3.05, 3.63) is 35.0 Å². The normalized spacial score (nSPS) is 16.9. The summed E-state index contributed by atoms with van der Waals surface area (Å²) in [6.45, 7) is 3.96. The largest absolute Gasteiger partial charge is 0.361 e. The fourth-order valence-electron chi connectivity index (χ4n) is 3.34. The second kappa shape index (κ2) is 5.96. The van der Waals surface area contributed by atoms with Gasteiger partial charge >= 0.3 is 0 Å². The molecule has 1 aromatic carbocycles. The van der Waals surface area contributed by atoms with Gasteiger partial charge in [-0.2, -0.15) is 0 Å². The molecule has 3 nitrogen and oxygen atoms in total. The van der Waals surface area contributed by atoms with E-state index < -0.39 is 5.41 Å². The molecule has 0 unspecified atom stereocenters. The Morgan fingerprint density at radius 3 is 2.73 bits per heavy atom. The van der Waals surface area contributed by atoms with Crippen LogP contribution in [-0.2, 0) is 10.2 Å². The Morgan fingerprint density at radius 2 is 2.00 bits per heavy atom. The van der Waals surface area contributed by atoms with Crippen molar-refractivity contribution in [1.29, 1.82) is 0 Å². The van der Waals surface area contributed by atoms with Gasteiger partial charge in [0, 0.05) is 28.2 Å². The molecule has 1 amide bonds. The number of nitrogens with one attached hydrogen (secondary N) is 2. The van der Waals surface area contributed by atoms with Gasteiger partial charge in [0.15, 0.2) is 0 Å². The third-order valence-electron chi connectivity index (χ3n) is 4.83. The van der Waals surface area contributed by atoms with Crippen LogP contribution in [0.1, 0.15) is 51.5 Å². The number of H-pyrrole nitrogens is 1. The average Bonchev–Trinajstić information content (AvgIpc) is 2.91. The molecule has 1 aliphatic rings. The molecule has 4 heteroatoms. The number of carbonyl (C=O) groups excluding carboxylic acids is 1. The molecule has 0 radical (unpaired) electrons.